The summed E-state index contributed by atoms with van der Waals surface area (Å²) in [5.74, 6) is -0.349. The Labute approximate surface area is 211 Å². The van der Waals surface area contributed by atoms with Gasteiger partial charge in [0.25, 0.3) is 0 Å². The largest absolute Gasteiger partial charge is 0.437 e. The van der Waals surface area contributed by atoms with Gasteiger partial charge in [0.15, 0.2) is 6.10 Å². The van der Waals surface area contributed by atoms with Gasteiger partial charge in [0.05, 0.1) is 5.69 Å². The van der Waals surface area contributed by atoms with E-state index in [4.69, 9.17) is 9.84 Å². The molecule has 7 heteroatoms. The summed E-state index contributed by atoms with van der Waals surface area (Å²) in [7, 11) is 0. The first kappa shape index (κ1) is 25.4. The Morgan fingerprint density at radius 2 is 1.67 bits per heavy atom. The van der Waals surface area contributed by atoms with Gasteiger partial charge < -0.3 is 15.2 Å². The number of aliphatic hydroxyl groups excluding tert-OH is 1. The van der Waals surface area contributed by atoms with Crippen molar-refractivity contribution in [1.29, 1.82) is 0 Å². The average Bonchev–Trinajstić information content (AvgIpc) is 3.27. The number of aliphatic hydroxyl groups is 1. The summed E-state index contributed by atoms with van der Waals surface area (Å²) in [6.07, 6.45) is 0.202. The maximum absolute atomic E-state index is 13.7. The molecule has 0 aliphatic carbocycles. The molecule has 0 aromatic heterocycles. The van der Waals surface area contributed by atoms with E-state index in [1.54, 1.807) is 12.1 Å². The molecule has 0 saturated carbocycles. The summed E-state index contributed by atoms with van der Waals surface area (Å²) >= 11 is 0. The van der Waals surface area contributed by atoms with Crippen LogP contribution in [0.3, 0.4) is 0 Å². The molecule has 2 N–H and O–H groups in total. The fourth-order valence-electron chi connectivity index (χ4n) is 4.23. The Morgan fingerprint density at radius 1 is 1.03 bits per heavy atom. The second-order valence-electron chi connectivity index (χ2n) is 9.71. The van der Waals surface area contributed by atoms with E-state index in [1.807, 2.05) is 79.5 Å². The summed E-state index contributed by atoms with van der Waals surface area (Å²) < 4.78 is 19.7. The number of anilines is 1. The lowest BCUT2D eigenvalue weighted by Gasteiger charge is -2.28. The number of para-hydroxylation sites is 1. The van der Waals surface area contributed by atoms with Crippen molar-refractivity contribution in [3.8, 4) is 0 Å². The van der Waals surface area contributed by atoms with Crippen LogP contribution < -0.4 is 10.3 Å². The third-order valence-corrected chi connectivity index (χ3v) is 6.30. The molecule has 2 unspecified atom stereocenters. The zero-order valence-corrected chi connectivity index (χ0v) is 20.6. The maximum atomic E-state index is 13.7. The molecule has 188 valence electrons. The van der Waals surface area contributed by atoms with E-state index in [0.717, 1.165) is 17.7 Å². The van der Waals surface area contributed by atoms with Gasteiger partial charge in [-0.1, -0.05) is 74.5 Å². The topological polar surface area (TPSA) is 74.2 Å². The minimum absolute atomic E-state index is 0.0884. The highest BCUT2D eigenvalue weighted by Gasteiger charge is 2.42. The fraction of sp³-hybridized carbons (Fsp3) is 0.310. The van der Waals surface area contributed by atoms with Crippen LogP contribution in [0.25, 0.3) is 0 Å². The van der Waals surface area contributed by atoms with Gasteiger partial charge in [-0.2, -0.15) is 5.10 Å². The second-order valence-corrected chi connectivity index (χ2v) is 9.71. The second kappa shape index (κ2) is 11.4. The van der Waals surface area contributed by atoms with Crippen molar-refractivity contribution in [2.24, 2.45) is 10.5 Å². The number of ether oxygens (including phenoxy) is 1. The highest BCUT2D eigenvalue weighted by atomic mass is 19.1. The first-order valence-electron chi connectivity index (χ1n) is 12.2. The quantitative estimate of drug-likeness (QED) is 0.379. The Kier molecular flexibility index (Phi) is 8.00. The van der Waals surface area contributed by atoms with Crippen LogP contribution in [-0.2, 0) is 4.74 Å². The molecule has 1 aliphatic heterocycles. The lowest BCUT2D eigenvalue weighted by atomic mass is 9.89. The molecule has 36 heavy (non-hydrogen) atoms. The normalized spacial score (nSPS) is 17.6. The monoisotopic (exact) mass is 489 g/mol. The number of nitrogens with one attached hydrogen (secondary N) is 1. The summed E-state index contributed by atoms with van der Waals surface area (Å²) in [5, 5.41) is 19.0. The molecule has 0 spiro atoms. The number of carbonyl (C=O) groups excluding carboxylic acids is 1. The third kappa shape index (κ3) is 6.10. The molecule has 4 rings (SSSR count). The van der Waals surface area contributed by atoms with Gasteiger partial charge in [-0.05, 0) is 48.1 Å². The predicted molar refractivity (Wildman–Crippen MR) is 139 cm³/mol. The third-order valence-electron chi connectivity index (χ3n) is 6.30. The first-order valence-corrected chi connectivity index (χ1v) is 12.2. The summed E-state index contributed by atoms with van der Waals surface area (Å²) in [6, 6.07) is 25.1. The number of nitrogens with zero attached hydrogens (tertiary/aromatic N) is 2. The fourth-order valence-corrected chi connectivity index (χ4v) is 4.23. The number of halogens is 1. The summed E-state index contributed by atoms with van der Waals surface area (Å²) in [5.41, 5.74) is 2.81. The van der Waals surface area contributed by atoms with Crippen LogP contribution >= 0.6 is 0 Å². The molecular weight excluding hydrogens is 457 g/mol. The summed E-state index contributed by atoms with van der Waals surface area (Å²) in [6.45, 7) is 4.48. The van der Waals surface area contributed by atoms with Gasteiger partial charge in [-0.15, -0.1) is 0 Å². The van der Waals surface area contributed by atoms with Crippen LogP contribution in [0.1, 0.15) is 43.9 Å². The van der Waals surface area contributed by atoms with Crippen LogP contribution in [0.2, 0.25) is 0 Å². The van der Waals surface area contributed by atoms with Crippen molar-refractivity contribution in [2.75, 3.05) is 18.2 Å². The number of amides is 1. The standard InChI is InChI=1S/C29H32FN3O3/c1-29(2,20-34)18-9-19-31-28(35)36-27-25(21-14-16-23(30)17-15-21)32-33(24-12-7-4-8-13-24)26(27)22-10-5-3-6-11-22/h3-8,10-17,26-27,34H,9,18-20H2,1-2H3,(H,31,35). The average molecular weight is 490 g/mol. The zero-order chi connectivity index (χ0) is 25.5. The Hall–Kier alpha value is -3.71. The van der Waals surface area contributed by atoms with Crippen molar-refractivity contribution in [1.82, 2.24) is 5.32 Å². The van der Waals surface area contributed by atoms with Crippen molar-refractivity contribution in [2.45, 2.75) is 38.8 Å². The molecule has 3 aromatic carbocycles. The molecule has 1 aliphatic rings. The van der Waals surface area contributed by atoms with Gasteiger partial charge in [0.1, 0.15) is 17.6 Å². The van der Waals surface area contributed by atoms with E-state index in [9.17, 15) is 14.3 Å². The smallest absolute Gasteiger partial charge is 0.407 e. The highest BCUT2D eigenvalue weighted by Crippen LogP contribution is 2.38. The molecule has 2 atom stereocenters. The van der Waals surface area contributed by atoms with E-state index in [0.29, 0.717) is 24.2 Å². The summed E-state index contributed by atoms with van der Waals surface area (Å²) in [4.78, 5) is 12.9. The number of alkyl carbamates (subject to hydrolysis) is 1. The first-order chi connectivity index (χ1) is 17.4. The molecule has 1 heterocycles. The predicted octanol–water partition coefficient (Wildman–Crippen LogP) is 5.68. The van der Waals surface area contributed by atoms with Crippen molar-refractivity contribution < 1.29 is 19.0 Å². The minimum atomic E-state index is -0.730. The number of hydrogen-bond donors (Lipinski definition) is 2. The van der Waals surface area contributed by atoms with Gasteiger partial charge in [-0.3, -0.25) is 5.01 Å². The number of rotatable bonds is 9. The van der Waals surface area contributed by atoms with E-state index in [-0.39, 0.29) is 17.8 Å². The molecule has 0 bridgehead atoms. The molecule has 1 amide bonds. The van der Waals surface area contributed by atoms with E-state index in [2.05, 4.69) is 5.32 Å². The van der Waals surface area contributed by atoms with Crippen LogP contribution in [0, 0.1) is 11.2 Å². The van der Waals surface area contributed by atoms with Gasteiger partial charge in [-0.25, -0.2) is 9.18 Å². The molecule has 6 nitrogen and oxygen atoms in total. The van der Waals surface area contributed by atoms with E-state index >= 15 is 0 Å². The van der Waals surface area contributed by atoms with Crippen molar-refractivity contribution in [3.05, 3.63) is 102 Å². The van der Waals surface area contributed by atoms with Crippen molar-refractivity contribution in [3.63, 3.8) is 0 Å². The SMILES string of the molecule is CC(C)(CO)CCCNC(=O)OC1C(c2ccc(F)cc2)=NN(c2ccccc2)C1c1ccccc1. The van der Waals surface area contributed by atoms with E-state index in [1.165, 1.54) is 12.1 Å². The van der Waals surface area contributed by atoms with Gasteiger partial charge in [0.2, 0.25) is 0 Å². The number of hydrogen-bond acceptors (Lipinski definition) is 5. The Morgan fingerprint density at radius 3 is 2.31 bits per heavy atom. The van der Waals surface area contributed by atoms with Gasteiger partial charge in [0, 0.05) is 18.7 Å². The van der Waals surface area contributed by atoms with Crippen LogP contribution in [-0.4, -0.2) is 36.2 Å². The molecule has 0 fully saturated rings. The lowest BCUT2D eigenvalue weighted by Crippen LogP contribution is -2.38. The number of benzene rings is 3. The number of hydrazone groups is 1. The van der Waals surface area contributed by atoms with Crippen LogP contribution in [0.15, 0.2) is 90.0 Å². The molecule has 0 radical (unpaired) electrons. The maximum Gasteiger partial charge on any atom is 0.407 e. The molecule has 3 aromatic rings. The van der Waals surface area contributed by atoms with E-state index < -0.39 is 18.2 Å². The van der Waals surface area contributed by atoms with Crippen molar-refractivity contribution >= 4 is 17.5 Å². The minimum Gasteiger partial charge on any atom is -0.437 e. The Balaban J connectivity index is 1.63. The zero-order valence-electron chi connectivity index (χ0n) is 20.6. The van der Waals surface area contributed by atoms with Gasteiger partial charge >= 0.3 is 6.09 Å². The highest BCUT2D eigenvalue weighted by molar-refractivity contribution is 6.07. The van der Waals surface area contributed by atoms with Crippen LogP contribution in [0.4, 0.5) is 14.9 Å². The molecular formula is C29H32FN3O3. The lowest BCUT2D eigenvalue weighted by molar-refractivity contribution is 0.117. The number of carbonyl (C=O) groups is 1. The molecule has 0 saturated heterocycles. The Bertz CT molecular complexity index is 1170. The van der Waals surface area contributed by atoms with Crippen LogP contribution in [0.5, 0.6) is 0 Å².